The molecule has 0 spiro atoms. The van der Waals surface area contributed by atoms with Crippen molar-refractivity contribution in [1.29, 1.82) is 0 Å². The minimum absolute atomic E-state index is 0.487. The lowest BCUT2D eigenvalue weighted by Gasteiger charge is -2.04. The van der Waals surface area contributed by atoms with Gasteiger partial charge in [-0.05, 0) is 28.8 Å². The summed E-state index contributed by atoms with van der Waals surface area (Å²) in [6, 6.07) is 1.73. The van der Waals surface area contributed by atoms with Crippen LogP contribution in [0.15, 0.2) is 22.9 Å². The second kappa shape index (κ2) is 3.55. The molecule has 3 rings (SSSR count). The summed E-state index contributed by atoms with van der Waals surface area (Å²) in [7, 11) is 0. The van der Waals surface area contributed by atoms with Crippen molar-refractivity contribution in [3.05, 3.63) is 28.8 Å². The molecule has 16 heavy (non-hydrogen) atoms. The highest BCUT2D eigenvalue weighted by atomic mass is 79.9. The van der Waals surface area contributed by atoms with Crippen LogP contribution in [0, 0.1) is 0 Å². The first kappa shape index (κ1) is 9.77. The maximum atomic E-state index is 5.77. The number of hydrogen-bond donors (Lipinski definition) is 1. The maximum Gasteiger partial charge on any atom is 0.159 e. The van der Waals surface area contributed by atoms with E-state index in [1.54, 1.807) is 16.9 Å². The van der Waals surface area contributed by atoms with Crippen molar-refractivity contribution >= 4 is 21.7 Å². The molecule has 2 aromatic rings. The number of nitrogen functional groups attached to an aromatic ring is 1. The van der Waals surface area contributed by atoms with Crippen molar-refractivity contribution in [1.82, 2.24) is 19.7 Å². The highest BCUT2D eigenvalue weighted by Gasteiger charge is 2.27. The standard InChI is InChI=1S/C10H10BrN5/c11-7-4-13-16(5-7)9-3-8(12)14-10(15-9)6-1-2-6/h3-6H,1-2H2,(H2,12,14,15). The largest absolute Gasteiger partial charge is 0.384 e. The fourth-order valence-electron chi connectivity index (χ4n) is 1.54. The van der Waals surface area contributed by atoms with Crippen molar-refractivity contribution in [3.63, 3.8) is 0 Å². The average Bonchev–Trinajstić information content (AvgIpc) is 3.01. The lowest BCUT2D eigenvalue weighted by atomic mass is 10.4. The van der Waals surface area contributed by atoms with E-state index in [9.17, 15) is 0 Å². The van der Waals surface area contributed by atoms with Gasteiger partial charge in [0.05, 0.1) is 10.7 Å². The molecule has 5 nitrogen and oxygen atoms in total. The molecular weight excluding hydrogens is 270 g/mol. The molecular formula is C10H10BrN5. The topological polar surface area (TPSA) is 69.6 Å². The molecule has 2 heterocycles. The molecule has 6 heteroatoms. The van der Waals surface area contributed by atoms with Crippen LogP contribution in [0.1, 0.15) is 24.6 Å². The van der Waals surface area contributed by atoms with Gasteiger partial charge in [0.15, 0.2) is 5.82 Å². The number of nitrogens with two attached hydrogens (primary N) is 1. The molecule has 0 radical (unpaired) electrons. The third-order valence-electron chi connectivity index (χ3n) is 2.48. The van der Waals surface area contributed by atoms with Crippen molar-refractivity contribution in [2.24, 2.45) is 0 Å². The summed E-state index contributed by atoms with van der Waals surface area (Å²) in [5.41, 5.74) is 5.77. The van der Waals surface area contributed by atoms with Gasteiger partial charge in [0, 0.05) is 18.2 Å². The van der Waals surface area contributed by atoms with E-state index >= 15 is 0 Å². The predicted octanol–water partition coefficient (Wildman–Crippen LogP) is 1.88. The second-order valence-electron chi connectivity index (χ2n) is 3.89. The van der Waals surface area contributed by atoms with E-state index in [1.165, 1.54) is 0 Å². The van der Waals surface area contributed by atoms with Crippen LogP contribution in [0.4, 0.5) is 5.82 Å². The highest BCUT2D eigenvalue weighted by Crippen LogP contribution is 2.38. The van der Waals surface area contributed by atoms with E-state index in [4.69, 9.17) is 5.73 Å². The molecule has 0 saturated heterocycles. The summed E-state index contributed by atoms with van der Waals surface area (Å²) in [5, 5.41) is 4.17. The maximum absolute atomic E-state index is 5.77. The van der Waals surface area contributed by atoms with E-state index < -0.39 is 0 Å². The zero-order valence-corrected chi connectivity index (χ0v) is 10.1. The van der Waals surface area contributed by atoms with E-state index in [-0.39, 0.29) is 0 Å². The molecule has 2 aromatic heterocycles. The van der Waals surface area contributed by atoms with Gasteiger partial charge in [0.25, 0.3) is 0 Å². The molecule has 0 aromatic carbocycles. The first-order chi connectivity index (χ1) is 7.72. The number of aromatic nitrogens is 4. The monoisotopic (exact) mass is 279 g/mol. The quantitative estimate of drug-likeness (QED) is 0.911. The van der Waals surface area contributed by atoms with Crippen LogP contribution in [-0.2, 0) is 0 Å². The molecule has 82 valence electrons. The number of halogens is 1. The van der Waals surface area contributed by atoms with Crippen molar-refractivity contribution in [3.8, 4) is 5.82 Å². The Kier molecular flexibility index (Phi) is 2.17. The van der Waals surface area contributed by atoms with Crippen LogP contribution in [0.5, 0.6) is 0 Å². The Hall–Kier alpha value is -1.43. The third-order valence-corrected chi connectivity index (χ3v) is 2.89. The van der Waals surface area contributed by atoms with Crippen molar-refractivity contribution in [2.45, 2.75) is 18.8 Å². The normalized spacial score (nSPS) is 15.3. The SMILES string of the molecule is Nc1cc(-n2cc(Br)cn2)nc(C2CC2)n1. The Labute approximate surface area is 101 Å². The number of hydrogen-bond acceptors (Lipinski definition) is 4. The Balaban J connectivity index is 2.06. The Morgan fingerprint density at radius 3 is 2.81 bits per heavy atom. The molecule has 0 amide bonds. The van der Waals surface area contributed by atoms with Gasteiger partial charge in [-0.25, -0.2) is 14.6 Å². The smallest absolute Gasteiger partial charge is 0.159 e. The summed E-state index contributed by atoms with van der Waals surface area (Å²) in [4.78, 5) is 8.71. The molecule has 1 aliphatic carbocycles. The minimum Gasteiger partial charge on any atom is -0.384 e. The highest BCUT2D eigenvalue weighted by molar-refractivity contribution is 9.10. The zero-order chi connectivity index (χ0) is 11.1. The third kappa shape index (κ3) is 1.80. The lowest BCUT2D eigenvalue weighted by Crippen LogP contribution is -2.05. The molecule has 2 N–H and O–H groups in total. The Morgan fingerprint density at radius 2 is 2.19 bits per heavy atom. The Bertz CT molecular complexity index is 532. The van der Waals surface area contributed by atoms with Crippen LogP contribution in [0.25, 0.3) is 5.82 Å². The van der Waals surface area contributed by atoms with Crippen molar-refractivity contribution < 1.29 is 0 Å². The number of rotatable bonds is 2. The van der Waals surface area contributed by atoms with Gasteiger partial charge in [0.1, 0.15) is 11.6 Å². The molecule has 1 aliphatic rings. The number of nitrogens with zero attached hydrogens (tertiary/aromatic N) is 4. The van der Waals surface area contributed by atoms with Gasteiger partial charge in [0.2, 0.25) is 0 Å². The van der Waals surface area contributed by atoms with Crippen LogP contribution in [0.3, 0.4) is 0 Å². The van der Waals surface area contributed by atoms with Crippen LogP contribution in [-0.4, -0.2) is 19.7 Å². The van der Waals surface area contributed by atoms with Gasteiger partial charge < -0.3 is 5.73 Å². The fourth-order valence-corrected chi connectivity index (χ4v) is 1.82. The molecule has 0 unspecified atom stereocenters. The van der Waals surface area contributed by atoms with Gasteiger partial charge in [-0.15, -0.1) is 0 Å². The molecule has 0 aliphatic heterocycles. The van der Waals surface area contributed by atoms with Crippen molar-refractivity contribution in [2.75, 3.05) is 5.73 Å². The summed E-state index contributed by atoms with van der Waals surface area (Å²) in [6.45, 7) is 0. The summed E-state index contributed by atoms with van der Waals surface area (Å²) in [6.07, 6.45) is 5.88. The summed E-state index contributed by atoms with van der Waals surface area (Å²) < 4.78 is 2.60. The van der Waals surface area contributed by atoms with E-state index in [0.717, 1.165) is 29.0 Å². The van der Waals surface area contributed by atoms with Gasteiger partial charge >= 0.3 is 0 Å². The van der Waals surface area contributed by atoms with E-state index in [2.05, 4.69) is 31.0 Å². The first-order valence-electron chi connectivity index (χ1n) is 5.07. The van der Waals surface area contributed by atoms with E-state index in [1.807, 2.05) is 6.20 Å². The Morgan fingerprint density at radius 1 is 1.38 bits per heavy atom. The first-order valence-corrected chi connectivity index (χ1v) is 5.86. The molecule has 0 atom stereocenters. The van der Waals surface area contributed by atoms with Crippen LogP contribution in [0.2, 0.25) is 0 Å². The molecule has 1 saturated carbocycles. The van der Waals surface area contributed by atoms with Gasteiger partial charge in [-0.3, -0.25) is 0 Å². The fraction of sp³-hybridized carbons (Fsp3) is 0.300. The summed E-state index contributed by atoms with van der Waals surface area (Å²) in [5.74, 6) is 2.54. The van der Waals surface area contributed by atoms with E-state index in [0.29, 0.717) is 11.7 Å². The lowest BCUT2D eigenvalue weighted by molar-refractivity contribution is 0.812. The minimum atomic E-state index is 0.487. The second-order valence-corrected chi connectivity index (χ2v) is 4.80. The predicted molar refractivity (Wildman–Crippen MR) is 63.2 cm³/mol. The average molecular weight is 280 g/mol. The molecule has 1 fully saturated rings. The molecule has 0 bridgehead atoms. The van der Waals surface area contributed by atoms with Crippen LogP contribution >= 0.6 is 15.9 Å². The zero-order valence-electron chi connectivity index (χ0n) is 8.47. The van der Waals surface area contributed by atoms with Crippen LogP contribution < -0.4 is 5.73 Å². The summed E-state index contributed by atoms with van der Waals surface area (Å²) >= 11 is 3.35. The van der Waals surface area contributed by atoms with Gasteiger partial charge in [-0.1, -0.05) is 0 Å². The number of anilines is 1. The van der Waals surface area contributed by atoms with Gasteiger partial charge in [-0.2, -0.15) is 5.10 Å².